The van der Waals surface area contributed by atoms with Crippen LogP contribution in [-0.2, 0) is 15.3 Å². The van der Waals surface area contributed by atoms with Crippen LogP contribution in [-0.4, -0.2) is 23.2 Å². The monoisotopic (exact) mass is 415 g/mol. The van der Waals surface area contributed by atoms with Crippen molar-refractivity contribution >= 4 is 17.7 Å². The van der Waals surface area contributed by atoms with Crippen molar-refractivity contribution in [1.29, 1.82) is 0 Å². The summed E-state index contributed by atoms with van der Waals surface area (Å²) in [6, 6.07) is 10.5. The highest BCUT2D eigenvalue weighted by molar-refractivity contribution is 7.98. The zero-order chi connectivity index (χ0) is 20.8. The van der Waals surface area contributed by atoms with Gasteiger partial charge in [0.25, 0.3) is 0 Å². The van der Waals surface area contributed by atoms with E-state index in [4.69, 9.17) is 9.15 Å². The standard InChI is InChI=1S/C21H18FNO5S/c1-27-19(25)10-17(13-3-2-8-23-11-13)21-20(26)18(24)9-15(28-21)12-29-16-6-4-14(22)5-7-16/h2-9,11,17,26H,10,12H2,1H3/t17-/m1/s1. The summed E-state index contributed by atoms with van der Waals surface area (Å²) in [5, 5.41) is 10.3. The quantitative estimate of drug-likeness (QED) is 0.463. The van der Waals surface area contributed by atoms with E-state index < -0.39 is 23.1 Å². The SMILES string of the molecule is COC(=O)C[C@H](c1cccnc1)c1oc(CSc2ccc(F)cc2)cc(=O)c1O. The molecule has 0 bridgehead atoms. The molecule has 3 aromatic rings. The zero-order valence-corrected chi connectivity index (χ0v) is 16.3. The lowest BCUT2D eigenvalue weighted by Gasteiger charge is -2.17. The fourth-order valence-corrected chi connectivity index (χ4v) is 3.52. The molecule has 0 unspecified atom stereocenters. The smallest absolute Gasteiger partial charge is 0.306 e. The topological polar surface area (TPSA) is 89.6 Å². The number of ether oxygens (including phenoxy) is 1. The second-order valence-corrected chi connectivity index (χ2v) is 7.20. The van der Waals surface area contributed by atoms with Gasteiger partial charge in [-0.25, -0.2) is 4.39 Å². The molecule has 0 saturated heterocycles. The van der Waals surface area contributed by atoms with Crippen LogP contribution in [0.15, 0.2) is 69.0 Å². The van der Waals surface area contributed by atoms with Gasteiger partial charge in [-0.05, 0) is 35.9 Å². The van der Waals surface area contributed by atoms with Crippen molar-refractivity contribution in [1.82, 2.24) is 4.98 Å². The van der Waals surface area contributed by atoms with E-state index >= 15 is 0 Å². The van der Waals surface area contributed by atoms with Crippen LogP contribution in [0.3, 0.4) is 0 Å². The zero-order valence-electron chi connectivity index (χ0n) is 15.5. The minimum absolute atomic E-state index is 0.0226. The Morgan fingerprint density at radius 1 is 1.31 bits per heavy atom. The third kappa shape index (κ3) is 5.23. The first-order valence-electron chi connectivity index (χ1n) is 8.69. The molecule has 2 heterocycles. The Morgan fingerprint density at radius 3 is 2.72 bits per heavy atom. The predicted molar refractivity (Wildman–Crippen MR) is 105 cm³/mol. The second-order valence-electron chi connectivity index (χ2n) is 6.15. The molecule has 0 amide bonds. The number of aromatic hydroxyl groups is 1. The molecule has 1 N–H and O–H groups in total. The van der Waals surface area contributed by atoms with E-state index in [0.29, 0.717) is 11.3 Å². The van der Waals surface area contributed by atoms with E-state index in [-0.39, 0.29) is 23.8 Å². The summed E-state index contributed by atoms with van der Waals surface area (Å²) in [7, 11) is 1.26. The molecule has 0 radical (unpaired) electrons. The minimum atomic E-state index is -0.736. The lowest BCUT2D eigenvalue weighted by atomic mass is 9.93. The fourth-order valence-electron chi connectivity index (χ4n) is 2.74. The molecule has 0 spiro atoms. The number of rotatable bonds is 7. The second kappa shape index (κ2) is 9.38. The summed E-state index contributed by atoms with van der Waals surface area (Å²) >= 11 is 1.35. The molecule has 6 nitrogen and oxygen atoms in total. The first kappa shape index (κ1) is 20.6. The lowest BCUT2D eigenvalue weighted by Crippen LogP contribution is -2.14. The van der Waals surface area contributed by atoms with Crippen LogP contribution < -0.4 is 5.43 Å². The van der Waals surface area contributed by atoms with E-state index in [9.17, 15) is 19.1 Å². The summed E-state index contributed by atoms with van der Waals surface area (Å²) in [6.07, 6.45) is 2.98. The molecular weight excluding hydrogens is 397 g/mol. The molecule has 0 fully saturated rings. The van der Waals surface area contributed by atoms with Gasteiger partial charge in [-0.1, -0.05) is 6.07 Å². The summed E-state index contributed by atoms with van der Waals surface area (Å²) in [4.78, 5) is 29.0. The Bertz CT molecular complexity index is 1040. The van der Waals surface area contributed by atoms with Crippen LogP contribution in [0, 0.1) is 5.82 Å². The van der Waals surface area contributed by atoms with Crippen molar-refractivity contribution in [2.45, 2.75) is 23.0 Å². The Morgan fingerprint density at radius 2 is 2.07 bits per heavy atom. The molecule has 0 aliphatic rings. The molecule has 150 valence electrons. The number of nitrogens with zero attached hydrogens (tertiary/aromatic N) is 1. The summed E-state index contributed by atoms with van der Waals surface area (Å²) < 4.78 is 23.6. The number of halogens is 1. The van der Waals surface area contributed by atoms with Crippen LogP contribution in [0.1, 0.15) is 29.4 Å². The van der Waals surface area contributed by atoms with Crippen LogP contribution in [0.4, 0.5) is 4.39 Å². The average molecular weight is 415 g/mol. The van der Waals surface area contributed by atoms with Crippen molar-refractivity contribution in [2.75, 3.05) is 7.11 Å². The molecular formula is C21H18FNO5S. The highest BCUT2D eigenvalue weighted by atomic mass is 32.2. The maximum absolute atomic E-state index is 13.0. The number of pyridine rings is 1. The first-order chi connectivity index (χ1) is 14.0. The molecule has 29 heavy (non-hydrogen) atoms. The third-order valence-corrected chi connectivity index (χ3v) is 5.23. The van der Waals surface area contributed by atoms with Crippen LogP contribution in [0.2, 0.25) is 0 Å². The average Bonchev–Trinajstić information content (AvgIpc) is 2.74. The van der Waals surface area contributed by atoms with Gasteiger partial charge < -0.3 is 14.3 Å². The summed E-state index contributed by atoms with van der Waals surface area (Å²) in [6.45, 7) is 0. The Balaban J connectivity index is 1.94. The number of hydrogen-bond donors (Lipinski definition) is 1. The van der Waals surface area contributed by atoms with Crippen LogP contribution in [0.5, 0.6) is 5.75 Å². The van der Waals surface area contributed by atoms with E-state index in [1.807, 2.05) is 0 Å². The van der Waals surface area contributed by atoms with Gasteiger partial charge in [0.1, 0.15) is 11.6 Å². The van der Waals surface area contributed by atoms with Crippen molar-refractivity contribution in [3.8, 4) is 5.75 Å². The Hall–Kier alpha value is -3.13. The molecule has 8 heteroatoms. The third-order valence-electron chi connectivity index (χ3n) is 4.20. The highest BCUT2D eigenvalue weighted by Crippen LogP contribution is 2.34. The molecule has 3 rings (SSSR count). The number of thioether (sulfide) groups is 1. The van der Waals surface area contributed by atoms with E-state index in [1.54, 1.807) is 30.5 Å². The van der Waals surface area contributed by atoms with Gasteiger partial charge in [-0.15, -0.1) is 11.8 Å². The number of hydrogen-bond acceptors (Lipinski definition) is 7. The molecule has 0 aliphatic heterocycles. The van der Waals surface area contributed by atoms with Gasteiger partial charge in [0.2, 0.25) is 11.2 Å². The summed E-state index contributed by atoms with van der Waals surface area (Å²) in [5.41, 5.74) is -0.0144. The van der Waals surface area contributed by atoms with Gasteiger partial charge in [0.15, 0.2) is 5.76 Å². The van der Waals surface area contributed by atoms with Crippen LogP contribution in [0.25, 0.3) is 0 Å². The van der Waals surface area contributed by atoms with Gasteiger partial charge in [-0.2, -0.15) is 0 Å². The van der Waals surface area contributed by atoms with Crippen molar-refractivity contribution in [3.05, 3.63) is 88.0 Å². The largest absolute Gasteiger partial charge is 0.502 e. The number of esters is 1. The van der Waals surface area contributed by atoms with Gasteiger partial charge >= 0.3 is 5.97 Å². The van der Waals surface area contributed by atoms with Gasteiger partial charge in [0, 0.05) is 23.4 Å². The molecule has 1 atom stereocenters. The number of benzene rings is 1. The van der Waals surface area contributed by atoms with Gasteiger partial charge in [-0.3, -0.25) is 14.6 Å². The molecule has 0 aliphatic carbocycles. The Labute approximate surface area is 170 Å². The maximum atomic E-state index is 13.0. The lowest BCUT2D eigenvalue weighted by molar-refractivity contribution is -0.140. The van der Waals surface area contributed by atoms with Crippen molar-refractivity contribution < 1.29 is 23.4 Å². The Kier molecular flexibility index (Phi) is 6.66. The number of aromatic nitrogens is 1. The molecule has 1 aromatic carbocycles. The van der Waals surface area contributed by atoms with Gasteiger partial charge in [0.05, 0.1) is 25.2 Å². The molecule has 2 aromatic heterocycles. The summed E-state index contributed by atoms with van der Waals surface area (Å²) in [5.74, 6) is -1.58. The highest BCUT2D eigenvalue weighted by Gasteiger charge is 2.26. The van der Waals surface area contributed by atoms with E-state index in [2.05, 4.69) is 4.98 Å². The van der Waals surface area contributed by atoms with Crippen LogP contribution >= 0.6 is 11.8 Å². The van der Waals surface area contributed by atoms with Crippen molar-refractivity contribution in [3.63, 3.8) is 0 Å². The fraction of sp³-hybridized carbons (Fsp3) is 0.190. The number of carbonyl (C=O) groups is 1. The molecule has 0 saturated carbocycles. The van der Waals surface area contributed by atoms with E-state index in [0.717, 1.165) is 4.90 Å². The maximum Gasteiger partial charge on any atom is 0.306 e. The number of methoxy groups -OCH3 is 1. The normalized spacial score (nSPS) is 11.8. The van der Waals surface area contributed by atoms with E-state index in [1.165, 1.54) is 43.3 Å². The number of carbonyl (C=O) groups excluding carboxylic acids is 1. The van der Waals surface area contributed by atoms with Crippen molar-refractivity contribution in [2.24, 2.45) is 0 Å². The predicted octanol–water partition coefficient (Wildman–Crippen LogP) is 3.87. The minimum Gasteiger partial charge on any atom is -0.502 e. The first-order valence-corrected chi connectivity index (χ1v) is 9.67.